The second kappa shape index (κ2) is 9.28. The molecule has 1 heterocycles. The molecule has 8 heteroatoms. The van der Waals surface area contributed by atoms with Crippen LogP contribution in [0.5, 0.6) is 11.5 Å². The van der Waals surface area contributed by atoms with Gasteiger partial charge in [-0.15, -0.1) is 0 Å². The maximum Gasteiger partial charge on any atom is 0.265 e. The van der Waals surface area contributed by atoms with E-state index in [1.807, 2.05) is 31.2 Å². The van der Waals surface area contributed by atoms with Crippen molar-refractivity contribution in [3.8, 4) is 11.5 Å². The topological polar surface area (TPSA) is 67.9 Å². The van der Waals surface area contributed by atoms with Gasteiger partial charge in [-0.1, -0.05) is 29.8 Å². The first-order valence-electron chi connectivity index (χ1n) is 9.94. The third kappa shape index (κ3) is 4.68. The number of ether oxygens (including phenoxy) is 2. The molecule has 32 heavy (non-hydrogen) atoms. The molecule has 2 amide bonds. The number of anilines is 2. The summed E-state index contributed by atoms with van der Waals surface area (Å²) in [4.78, 5) is 26.6. The second-order valence-corrected chi connectivity index (χ2v) is 7.64. The minimum absolute atomic E-state index is 0.00824. The third-order valence-corrected chi connectivity index (χ3v) is 5.24. The largest absolute Gasteiger partial charge is 0.492 e. The molecule has 6 nitrogen and oxygen atoms in total. The van der Waals surface area contributed by atoms with Crippen LogP contribution in [0.15, 0.2) is 60.7 Å². The monoisotopic (exact) mass is 454 g/mol. The fourth-order valence-electron chi connectivity index (χ4n) is 3.39. The van der Waals surface area contributed by atoms with E-state index in [1.54, 1.807) is 23.1 Å². The average Bonchev–Trinajstić information content (AvgIpc) is 2.75. The van der Waals surface area contributed by atoms with Crippen molar-refractivity contribution in [2.45, 2.75) is 6.92 Å². The molecule has 0 saturated carbocycles. The van der Waals surface area contributed by atoms with Gasteiger partial charge in [-0.3, -0.25) is 9.59 Å². The Labute approximate surface area is 189 Å². The average molecular weight is 455 g/mol. The number of fused-ring (bicyclic) bond motifs is 1. The quantitative estimate of drug-likeness (QED) is 0.578. The lowest BCUT2D eigenvalue weighted by atomic mass is 10.1. The Morgan fingerprint density at radius 3 is 2.78 bits per heavy atom. The standard InChI is InChI=1S/C24H20ClFN2O4/c1-15-4-2-5-17(12-15)31-11-10-28-20-13-16(8-9-21(20)32-14-22(28)29)27-24(30)23-18(25)6-3-7-19(23)26/h2-9,12-13H,10-11,14H2,1H3,(H,27,30). The first-order chi connectivity index (χ1) is 15.4. The molecule has 1 aliphatic rings. The molecule has 0 unspecified atom stereocenters. The normalized spacial score (nSPS) is 12.7. The molecule has 0 aromatic heterocycles. The number of hydrogen-bond donors (Lipinski definition) is 1. The summed E-state index contributed by atoms with van der Waals surface area (Å²) in [5.74, 6) is -0.423. The zero-order valence-electron chi connectivity index (χ0n) is 17.2. The molecule has 3 aromatic rings. The lowest BCUT2D eigenvalue weighted by Gasteiger charge is -2.29. The van der Waals surface area contributed by atoms with Crippen LogP contribution in [-0.4, -0.2) is 31.6 Å². The van der Waals surface area contributed by atoms with Gasteiger partial charge in [0, 0.05) is 5.69 Å². The highest BCUT2D eigenvalue weighted by molar-refractivity contribution is 6.34. The number of halogens is 2. The summed E-state index contributed by atoms with van der Waals surface area (Å²) in [6.07, 6.45) is 0. The number of benzene rings is 3. The number of carbonyl (C=O) groups excluding carboxylic acids is 2. The van der Waals surface area contributed by atoms with E-state index in [0.717, 1.165) is 11.6 Å². The summed E-state index contributed by atoms with van der Waals surface area (Å²) in [7, 11) is 0. The molecule has 4 rings (SSSR count). The molecule has 0 fully saturated rings. The van der Waals surface area contributed by atoms with Gasteiger partial charge in [-0.05, 0) is 55.0 Å². The van der Waals surface area contributed by atoms with Gasteiger partial charge < -0.3 is 19.7 Å². The van der Waals surface area contributed by atoms with Crippen molar-refractivity contribution >= 4 is 34.8 Å². The van der Waals surface area contributed by atoms with Gasteiger partial charge in [0.1, 0.15) is 23.9 Å². The molecule has 1 aliphatic heterocycles. The summed E-state index contributed by atoms with van der Waals surface area (Å²) < 4.78 is 25.3. The highest BCUT2D eigenvalue weighted by atomic mass is 35.5. The van der Waals surface area contributed by atoms with Crippen molar-refractivity contribution in [3.05, 3.63) is 82.6 Å². The van der Waals surface area contributed by atoms with Crippen LogP contribution in [0.2, 0.25) is 5.02 Å². The van der Waals surface area contributed by atoms with Crippen LogP contribution in [0.4, 0.5) is 15.8 Å². The summed E-state index contributed by atoms with van der Waals surface area (Å²) >= 11 is 5.98. The molecule has 1 N–H and O–H groups in total. The Morgan fingerprint density at radius 2 is 2.00 bits per heavy atom. The molecule has 0 radical (unpaired) electrons. The van der Waals surface area contributed by atoms with Gasteiger partial charge in [0.15, 0.2) is 6.61 Å². The molecule has 164 valence electrons. The Balaban J connectivity index is 1.51. The van der Waals surface area contributed by atoms with Gasteiger partial charge in [0.05, 0.1) is 22.8 Å². The number of nitrogens with zero attached hydrogens (tertiary/aromatic N) is 1. The number of carbonyl (C=O) groups is 2. The number of rotatable bonds is 6. The minimum Gasteiger partial charge on any atom is -0.492 e. The van der Waals surface area contributed by atoms with Gasteiger partial charge in [0.2, 0.25) is 0 Å². The third-order valence-electron chi connectivity index (χ3n) is 4.92. The first kappa shape index (κ1) is 21.6. The van der Waals surface area contributed by atoms with Crippen LogP contribution < -0.4 is 19.7 Å². The SMILES string of the molecule is Cc1cccc(OCCN2C(=O)COc3ccc(NC(=O)c4c(F)cccc4Cl)cc32)c1. The molecular weight excluding hydrogens is 435 g/mol. The van der Waals surface area contributed by atoms with Crippen LogP contribution in [0.1, 0.15) is 15.9 Å². The van der Waals surface area contributed by atoms with E-state index in [1.165, 1.54) is 12.1 Å². The van der Waals surface area contributed by atoms with Crippen molar-refractivity contribution in [2.75, 3.05) is 30.0 Å². The Bertz CT molecular complexity index is 1160. The van der Waals surface area contributed by atoms with Crippen LogP contribution >= 0.6 is 11.6 Å². The first-order valence-corrected chi connectivity index (χ1v) is 10.3. The lowest BCUT2D eigenvalue weighted by molar-refractivity contribution is -0.121. The molecule has 0 bridgehead atoms. The maximum absolute atomic E-state index is 14.1. The van der Waals surface area contributed by atoms with Crippen LogP contribution in [-0.2, 0) is 4.79 Å². The number of aryl methyl sites for hydroxylation is 1. The van der Waals surface area contributed by atoms with Crippen molar-refractivity contribution in [3.63, 3.8) is 0 Å². The van der Waals surface area contributed by atoms with E-state index in [0.29, 0.717) is 29.4 Å². The predicted molar refractivity (Wildman–Crippen MR) is 120 cm³/mol. The molecule has 0 aliphatic carbocycles. The summed E-state index contributed by atoms with van der Waals surface area (Å²) in [6, 6.07) is 16.5. The fourth-order valence-corrected chi connectivity index (χ4v) is 3.64. The molecule has 0 atom stereocenters. The Kier molecular flexibility index (Phi) is 6.28. The summed E-state index contributed by atoms with van der Waals surface area (Å²) in [5, 5.41) is 2.63. The van der Waals surface area contributed by atoms with Crippen molar-refractivity contribution in [1.82, 2.24) is 0 Å². The van der Waals surface area contributed by atoms with E-state index < -0.39 is 11.7 Å². The fraction of sp³-hybridized carbons (Fsp3) is 0.167. The predicted octanol–water partition coefficient (Wildman–Crippen LogP) is 4.84. The molecule has 3 aromatic carbocycles. The van der Waals surface area contributed by atoms with Crippen molar-refractivity contribution in [1.29, 1.82) is 0 Å². The van der Waals surface area contributed by atoms with Gasteiger partial charge in [-0.2, -0.15) is 0 Å². The molecular formula is C24H20ClFN2O4. The summed E-state index contributed by atoms with van der Waals surface area (Å²) in [6.45, 7) is 2.45. The summed E-state index contributed by atoms with van der Waals surface area (Å²) in [5.41, 5.74) is 1.69. The second-order valence-electron chi connectivity index (χ2n) is 7.23. The Hall–Kier alpha value is -3.58. The van der Waals surface area contributed by atoms with E-state index in [2.05, 4.69) is 5.32 Å². The van der Waals surface area contributed by atoms with Gasteiger partial charge in [0.25, 0.3) is 11.8 Å². The number of hydrogen-bond acceptors (Lipinski definition) is 4. The van der Waals surface area contributed by atoms with E-state index >= 15 is 0 Å². The highest BCUT2D eigenvalue weighted by Gasteiger charge is 2.26. The van der Waals surface area contributed by atoms with E-state index in [-0.39, 0.29) is 29.7 Å². The number of amides is 2. The lowest BCUT2D eigenvalue weighted by Crippen LogP contribution is -2.41. The van der Waals surface area contributed by atoms with Crippen LogP contribution in [0.3, 0.4) is 0 Å². The molecule has 0 saturated heterocycles. The zero-order chi connectivity index (χ0) is 22.7. The smallest absolute Gasteiger partial charge is 0.265 e. The van der Waals surface area contributed by atoms with E-state index in [9.17, 15) is 14.0 Å². The zero-order valence-corrected chi connectivity index (χ0v) is 18.0. The van der Waals surface area contributed by atoms with Gasteiger partial charge in [-0.25, -0.2) is 4.39 Å². The minimum atomic E-state index is -0.721. The number of nitrogens with one attached hydrogen (secondary N) is 1. The highest BCUT2D eigenvalue weighted by Crippen LogP contribution is 2.35. The Morgan fingerprint density at radius 1 is 1.19 bits per heavy atom. The van der Waals surface area contributed by atoms with Crippen molar-refractivity contribution in [2.24, 2.45) is 0 Å². The van der Waals surface area contributed by atoms with Crippen LogP contribution in [0.25, 0.3) is 0 Å². The van der Waals surface area contributed by atoms with Gasteiger partial charge >= 0.3 is 0 Å². The van der Waals surface area contributed by atoms with E-state index in [4.69, 9.17) is 21.1 Å². The molecule has 0 spiro atoms. The maximum atomic E-state index is 14.1. The van der Waals surface area contributed by atoms with Crippen LogP contribution in [0, 0.1) is 12.7 Å². The van der Waals surface area contributed by atoms with Crippen molar-refractivity contribution < 1.29 is 23.5 Å².